The average Bonchev–Trinajstić information content (AvgIpc) is 2.92. The van der Waals surface area contributed by atoms with Gasteiger partial charge in [-0.05, 0) is 56.3 Å². The highest BCUT2D eigenvalue weighted by Crippen LogP contribution is 2.67. The minimum atomic E-state index is -1.23. The van der Waals surface area contributed by atoms with E-state index in [1.54, 1.807) is 0 Å². The van der Waals surface area contributed by atoms with E-state index in [-0.39, 0.29) is 29.3 Å². The van der Waals surface area contributed by atoms with Crippen LogP contribution in [0, 0.1) is 28.6 Å². The number of ketones is 1. The van der Waals surface area contributed by atoms with E-state index >= 15 is 0 Å². The Morgan fingerprint density at radius 1 is 1.00 bits per heavy atom. The van der Waals surface area contributed by atoms with Gasteiger partial charge in [-0.25, -0.2) is 0 Å². The van der Waals surface area contributed by atoms with Crippen LogP contribution in [0.25, 0.3) is 0 Å². The first-order chi connectivity index (χ1) is 13.5. The van der Waals surface area contributed by atoms with Crippen molar-refractivity contribution >= 4 is 17.7 Å². The smallest absolute Gasteiger partial charge is 0.303 e. The zero-order valence-electron chi connectivity index (χ0n) is 18.0. The minimum absolute atomic E-state index is 0.264. The van der Waals surface area contributed by atoms with Crippen LogP contribution in [0.4, 0.5) is 0 Å². The van der Waals surface area contributed by atoms with E-state index in [1.807, 2.05) is 0 Å². The third-order valence-corrected chi connectivity index (χ3v) is 9.14. The first kappa shape index (κ1) is 20.8. The number of carbonyl (C=O) groups is 3. The van der Waals surface area contributed by atoms with E-state index < -0.39 is 23.1 Å². The van der Waals surface area contributed by atoms with Gasteiger partial charge in [0.2, 0.25) is 0 Å². The molecule has 0 unspecified atom stereocenters. The van der Waals surface area contributed by atoms with Crippen molar-refractivity contribution in [2.75, 3.05) is 0 Å². The van der Waals surface area contributed by atoms with Crippen LogP contribution >= 0.6 is 0 Å². The Hall–Kier alpha value is -1.43. The van der Waals surface area contributed by atoms with Gasteiger partial charge in [-0.3, -0.25) is 14.4 Å². The predicted molar refractivity (Wildman–Crippen MR) is 105 cm³/mol. The number of fused-ring (bicyclic) bond motifs is 5. The lowest BCUT2D eigenvalue weighted by atomic mass is 9.43. The fourth-order valence-electron chi connectivity index (χ4n) is 7.67. The molecule has 4 fully saturated rings. The number of aliphatic hydroxyl groups is 1. The summed E-state index contributed by atoms with van der Waals surface area (Å²) in [5, 5.41) is 12.0. The Morgan fingerprint density at radius 3 is 2.34 bits per heavy atom. The van der Waals surface area contributed by atoms with Crippen LogP contribution in [0.3, 0.4) is 0 Å². The molecule has 0 saturated heterocycles. The third-order valence-electron chi connectivity index (χ3n) is 9.14. The van der Waals surface area contributed by atoms with E-state index in [9.17, 15) is 19.5 Å². The largest absolute Gasteiger partial charge is 0.462 e. The van der Waals surface area contributed by atoms with Crippen LogP contribution in [0.1, 0.15) is 79.1 Å². The number of hydrogen-bond donors (Lipinski definition) is 1. The summed E-state index contributed by atoms with van der Waals surface area (Å²) in [5.41, 5.74) is -1.93. The normalized spacial score (nSPS) is 48.9. The molecular formula is C23H34O6. The predicted octanol–water partition coefficient (Wildman–Crippen LogP) is 3.19. The summed E-state index contributed by atoms with van der Waals surface area (Å²) in [6.07, 6.45) is 4.62. The maximum absolute atomic E-state index is 12.7. The first-order valence-corrected chi connectivity index (χ1v) is 11.1. The van der Waals surface area contributed by atoms with Gasteiger partial charge in [0.05, 0.1) is 0 Å². The van der Waals surface area contributed by atoms with Crippen LogP contribution in [-0.2, 0) is 23.9 Å². The van der Waals surface area contributed by atoms with Gasteiger partial charge < -0.3 is 14.6 Å². The van der Waals surface area contributed by atoms with Crippen molar-refractivity contribution in [1.29, 1.82) is 0 Å². The second-order valence-electron chi connectivity index (χ2n) is 10.4. The molecule has 0 aromatic heterocycles. The highest BCUT2D eigenvalue weighted by atomic mass is 16.6. The van der Waals surface area contributed by atoms with E-state index in [4.69, 9.17) is 9.47 Å². The average molecular weight is 407 g/mol. The quantitative estimate of drug-likeness (QED) is 0.709. The molecule has 0 heterocycles. The van der Waals surface area contributed by atoms with Crippen molar-refractivity contribution in [2.24, 2.45) is 28.6 Å². The van der Waals surface area contributed by atoms with Gasteiger partial charge in [-0.1, -0.05) is 13.8 Å². The zero-order valence-corrected chi connectivity index (χ0v) is 18.0. The molecule has 6 nitrogen and oxygen atoms in total. The Balaban J connectivity index is 1.71. The van der Waals surface area contributed by atoms with Gasteiger partial charge in [-0.2, -0.15) is 0 Å². The first-order valence-electron chi connectivity index (χ1n) is 11.1. The van der Waals surface area contributed by atoms with Gasteiger partial charge in [0.25, 0.3) is 0 Å². The lowest BCUT2D eigenvalue weighted by Crippen LogP contribution is -2.69. The van der Waals surface area contributed by atoms with Crippen molar-refractivity contribution in [1.82, 2.24) is 0 Å². The zero-order chi connectivity index (χ0) is 21.2. The van der Waals surface area contributed by atoms with E-state index in [1.165, 1.54) is 13.8 Å². The lowest BCUT2D eigenvalue weighted by molar-refractivity contribution is -0.269. The molecule has 6 heteroatoms. The Bertz CT molecular complexity index is 733. The molecule has 8 atom stereocenters. The maximum Gasteiger partial charge on any atom is 0.303 e. The molecule has 4 rings (SSSR count). The molecule has 0 spiro atoms. The number of Topliss-reactive ketones (excluding diaryl/α,β-unsaturated/α-hetero) is 1. The second-order valence-corrected chi connectivity index (χ2v) is 10.4. The molecule has 0 amide bonds. The highest BCUT2D eigenvalue weighted by Gasteiger charge is 2.68. The van der Waals surface area contributed by atoms with Gasteiger partial charge >= 0.3 is 11.9 Å². The fraction of sp³-hybridized carbons (Fsp3) is 0.870. The minimum Gasteiger partial charge on any atom is -0.462 e. The van der Waals surface area contributed by atoms with E-state index in [2.05, 4.69) is 13.8 Å². The summed E-state index contributed by atoms with van der Waals surface area (Å²) in [7, 11) is 0. The van der Waals surface area contributed by atoms with Crippen molar-refractivity contribution in [3.8, 4) is 0 Å². The number of ether oxygens (including phenoxy) is 2. The topological polar surface area (TPSA) is 89.9 Å². The molecule has 29 heavy (non-hydrogen) atoms. The molecule has 4 aliphatic carbocycles. The standard InChI is InChI=1S/C23H34O6/c1-13(24)28-15-7-10-22(4)18-8-9-21(3)17(5-6-19(21)26)16(18)11-20(29-14(2)25)23(22,27)12-15/h15-18,20,27H,5-12H2,1-4H3/t15-,16-,17+,18-,20+,21+,22-,23+/m1/s1. The van der Waals surface area contributed by atoms with Gasteiger partial charge in [-0.15, -0.1) is 0 Å². The van der Waals surface area contributed by atoms with Gasteiger partial charge in [0.15, 0.2) is 0 Å². The molecule has 162 valence electrons. The summed E-state index contributed by atoms with van der Waals surface area (Å²) in [6, 6.07) is 0. The van der Waals surface area contributed by atoms with Crippen LogP contribution in [0.5, 0.6) is 0 Å². The van der Waals surface area contributed by atoms with E-state index in [0.29, 0.717) is 37.4 Å². The maximum atomic E-state index is 12.7. The SMILES string of the molecule is CC(=O)O[C@@H]1CC[C@]2(C)[C@@H]3CC[C@]4(C)C(=O)CC[C@H]4[C@H]3C[C@H](OC(C)=O)[C@@]2(O)C1. The van der Waals surface area contributed by atoms with Crippen LogP contribution in [0.2, 0.25) is 0 Å². The number of esters is 2. The highest BCUT2D eigenvalue weighted by molar-refractivity contribution is 5.87. The summed E-state index contributed by atoms with van der Waals surface area (Å²) < 4.78 is 11.2. The molecule has 0 radical (unpaired) electrons. The van der Waals surface area contributed by atoms with Crippen molar-refractivity contribution < 1.29 is 29.0 Å². The monoisotopic (exact) mass is 406 g/mol. The molecule has 1 N–H and O–H groups in total. The summed E-state index contributed by atoms with van der Waals surface area (Å²) in [5.74, 6) is 0.452. The van der Waals surface area contributed by atoms with Crippen molar-refractivity contribution in [2.45, 2.75) is 96.9 Å². The molecule has 0 aromatic carbocycles. The van der Waals surface area contributed by atoms with Gasteiger partial charge in [0, 0.05) is 37.5 Å². The third kappa shape index (κ3) is 2.96. The van der Waals surface area contributed by atoms with E-state index in [0.717, 1.165) is 25.7 Å². The van der Waals surface area contributed by atoms with Crippen LogP contribution in [0.15, 0.2) is 0 Å². The molecule has 4 aliphatic rings. The number of hydrogen-bond acceptors (Lipinski definition) is 6. The lowest BCUT2D eigenvalue weighted by Gasteiger charge is -2.65. The van der Waals surface area contributed by atoms with Crippen molar-refractivity contribution in [3.05, 3.63) is 0 Å². The molecule has 4 saturated carbocycles. The number of carbonyl (C=O) groups excluding carboxylic acids is 3. The van der Waals surface area contributed by atoms with Gasteiger partial charge in [0.1, 0.15) is 23.6 Å². The Kier molecular flexibility index (Phi) is 4.88. The Labute approximate surface area is 172 Å². The van der Waals surface area contributed by atoms with Crippen LogP contribution in [-0.4, -0.2) is 40.6 Å². The fourth-order valence-corrected chi connectivity index (χ4v) is 7.67. The molecular weight excluding hydrogens is 372 g/mol. The molecule has 0 aliphatic heterocycles. The molecule has 0 bridgehead atoms. The summed E-state index contributed by atoms with van der Waals surface area (Å²) in [4.78, 5) is 36.1. The summed E-state index contributed by atoms with van der Waals surface area (Å²) >= 11 is 0. The second kappa shape index (κ2) is 6.79. The van der Waals surface area contributed by atoms with Crippen molar-refractivity contribution in [3.63, 3.8) is 0 Å². The molecule has 0 aromatic rings. The Morgan fingerprint density at radius 2 is 1.69 bits per heavy atom. The number of rotatable bonds is 2. The summed E-state index contributed by atoms with van der Waals surface area (Å²) in [6.45, 7) is 7.01. The van der Waals surface area contributed by atoms with Crippen LogP contribution < -0.4 is 0 Å².